The Morgan fingerprint density at radius 1 is 1.21 bits per heavy atom. The van der Waals surface area contributed by atoms with Crippen LogP contribution in [0.25, 0.3) is 11.4 Å². The summed E-state index contributed by atoms with van der Waals surface area (Å²) in [5, 5.41) is 3.17. The molecule has 4 rings (SSSR count). The van der Waals surface area contributed by atoms with Crippen LogP contribution >= 0.6 is 0 Å². The minimum atomic E-state index is -0.674. The molecule has 3 N–H and O–H groups in total. The molecule has 9 heteroatoms. The van der Waals surface area contributed by atoms with Gasteiger partial charge in [-0.3, -0.25) is 9.59 Å². The van der Waals surface area contributed by atoms with Gasteiger partial charge >= 0.3 is 0 Å². The zero-order valence-electron chi connectivity index (χ0n) is 18.1. The number of carbonyl (C=O) groups excluding carboxylic acids is 2. The van der Waals surface area contributed by atoms with Crippen LogP contribution in [-0.2, 0) is 4.79 Å². The molecule has 2 aromatic heterocycles. The molecule has 3 aromatic rings. The van der Waals surface area contributed by atoms with Crippen molar-refractivity contribution >= 4 is 29.0 Å². The quantitative estimate of drug-likeness (QED) is 0.508. The maximum Gasteiger partial charge on any atom is 0.271 e. The van der Waals surface area contributed by atoms with Crippen molar-refractivity contribution in [3.63, 3.8) is 0 Å². The molecule has 0 radical (unpaired) electrons. The molecule has 1 saturated heterocycles. The molecule has 0 unspecified atom stereocenters. The van der Waals surface area contributed by atoms with E-state index in [0.29, 0.717) is 30.3 Å². The number of rotatable bonds is 8. The molecule has 0 bridgehead atoms. The highest BCUT2D eigenvalue weighted by Gasteiger charge is 2.24. The summed E-state index contributed by atoms with van der Waals surface area (Å²) in [7, 11) is 0. The van der Waals surface area contributed by atoms with E-state index in [0.717, 1.165) is 24.9 Å². The number of primary amides is 1. The smallest absolute Gasteiger partial charge is 0.271 e. The third-order valence-corrected chi connectivity index (χ3v) is 5.50. The van der Waals surface area contributed by atoms with Crippen molar-refractivity contribution in [2.75, 3.05) is 23.3 Å². The first-order valence-electron chi connectivity index (χ1n) is 10.7. The van der Waals surface area contributed by atoms with Gasteiger partial charge in [-0.05, 0) is 43.0 Å². The Balaban J connectivity index is 1.59. The van der Waals surface area contributed by atoms with Crippen LogP contribution < -0.4 is 16.0 Å². The average molecular weight is 444 g/mol. The van der Waals surface area contributed by atoms with E-state index in [2.05, 4.69) is 36.7 Å². The van der Waals surface area contributed by atoms with Crippen molar-refractivity contribution in [2.24, 2.45) is 11.7 Å². The van der Waals surface area contributed by atoms with E-state index in [1.165, 1.54) is 6.08 Å². The fraction of sp³-hybridized carbons (Fsp3) is 0.250. The highest BCUT2D eigenvalue weighted by Crippen LogP contribution is 2.27. The Morgan fingerprint density at radius 3 is 2.79 bits per heavy atom. The van der Waals surface area contributed by atoms with E-state index < -0.39 is 5.91 Å². The van der Waals surface area contributed by atoms with Gasteiger partial charge in [0.25, 0.3) is 5.91 Å². The number of nitrogens with one attached hydrogen (secondary N) is 1. The van der Waals surface area contributed by atoms with Gasteiger partial charge in [0.2, 0.25) is 0 Å². The molecular formula is C24H25N7O2. The van der Waals surface area contributed by atoms with Gasteiger partial charge in [-0.15, -0.1) is 0 Å². The normalized spacial score (nSPS) is 15.6. The second-order valence-corrected chi connectivity index (χ2v) is 7.90. The maximum absolute atomic E-state index is 12.0. The van der Waals surface area contributed by atoms with Crippen LogP contribution in [0.1, 0.15) is 29.8 Å². The molecule has 0 saturated carbocycles. The second-order valence-electron chi connectivity index (χ2n) is 7.90. The van der Waals surface area contributed by atoms with Crippen LogP contribution in [0.15, 0.2) is 61.6 Å². The third-order valence-electron chi connectivity index (χ3n) is 5.50. The van der Waals surface area contributed by atoms with Crippen molar-refractivity contribution in [3.05, 3.63) is 67.3 Å². The Labute approximate surface area is 191 Å². The first-order chi connectivity index (χ1) is 16.0. The molecule has 1 aromatic carbocycles. The number of amides is 1. The van der Waals surface area contributed by atoms with Gasteiger partial charge in [0.1, 0.15) is 5.82 Å². The second kappa shape index (κ2) is 9.99. The Bertz CT molecular complexity index is 1170. The number of hydrogen-bond acceptors (Lipinski definition) is 8. The van der Waals surface area contributed by atoms with Crippen LogP contribution in [0.5, 0.6) is 0 Å². The number of nitrogens with two attached hydrogens (primary N) is 1. The van der Waals surface area contributed by atoms with Gasteiger partial charge < -0.3 is 16.0 Å². The summed E-state index contributed by atoms with van der Waals surface area (Å²) in [4.78, 5) is 43.4. The predicted molar refractivity (Wildman–Crippen MR) is 126 cm³/mol. The van der Waals surface area contributed by atoms with E-state index in [1.807, 2.05) is 24.3 Å². The van der Waals surface area contributed by atoms with Crippen molar-refractivity contribution in [1.29, 1.82) is 0 Å². The zero-order valence-corrected chi connectivity index (χ0v) is 18.1. The molecule has 1 fully saturated rings. The first kappa shape index (κ1) is 22.1. The first-order valence-corrected chi connectivity index (χ1v) is 10.7. The molecular weight excluding hydrogens is 418 g/mol. The molecule has 9 nitrogen and oxygen atoms in total. The maximum atomic E-state index is 12.0. The Hall–Kier alpha value is -4.14. The molecule has 0 aliphatic carbocycles. The van der Waals surface area contributed by atoms with E-state index in [1.54, 1.807) is 24.7 Å². The van der Waals surface area contributed by atoms with Crippen molar-refractivity contribution in [1.82, 2.24) is 19.9 Å². The zero-order chi connectivity index (χ0) is 23.2. The lowest BCUT2D eigenvalue weighted by Gasteiger charge is -2.33. The number of piperidine rings is 1. The summed E-state index contributed by atoms with van der Waals surface area (Å²) < 4.78 is 0. The van der Waals surface area contributed by atoms with Gasteiger partial charge in [-0.1, -0.05) is 18.7 Å². The minimum Gasteiger partial charge on any atom is -0.364 e. The summed E-state index contributed by atoms with van der Waals surface area (Å²) in [5.41, 5.74) is 7.11. The monoisotopic (exact) mass is 443 g/mol. The highest BCUT2D eigenvalue weighted by molar-refractivity contribution is 5.96. The van der Waals surface area contributed by atoms with Gasteiger partial charge in [-0.25, -0.2) is 19.9 Å². The summed E-state index contributed by atoms with van der Waals surface area (Å²) >= 11 is 0. The number of allylic oxidation sites excluding steroid dienone is 1. The van der Waals surface area contributed by atoms with Crippen LogP contribution in [-0.4, -0.2) is 44.7 Å². The minimum absolute atomic E-state index is 0.0432. The fourth-order valence-electron chi connectivity index (χ4n) is 3.93. The molecule has 3 heterocycles. The van der Waals surface area contributed by atoms with E-state index in [9.17, 15) is 9.59 Å². The summed E-state index contributed by atoms with van der Waals surface area (Å²) in [6.07, 6.45) is 8.66. The number of benzene rings is 1. The Kier molecular flexibility index (Phi) is 6.68. The number of anilines is 3. The molecule has 1 aliphatic rings. The lowest BCUT2D eigenvalue weighted by atomic mass is 9.93. The molecule has 1 aliphatic heterocycles. The molecule has 1 atom stereocenters. The predicted octanol–water partition coefficient (Wildman–Crippen LogP) is 3.14. The molecule has 168 valence electrons. The number of hydrogen-bond donors (Lipinski definition) is 2. The lowest BCUT2D eigenvalue weighted by Crippen LogP contribution is -2.37. The van der Waals surface area contributed by atoms with Crippen molar-refractivity contribution in [2.45, 2.75) is 19.3 Å². The largest absolute Gasteiger partial charge is 0.364 e. The van der Waals surface area contributed by atoms with E-state index in [-0.39, 0.29) is 23.2 Å². The lowest BCUT2D eigenvalue weighted by molar-refractivity contribution is -0.115. The number of carbonyl (C=O) groups is 2. The molecule has 1 amide bonds. The Morgan fingerprint density at radius 2 is 2.03 bits per heavy atom. The van der Waals surface area contributed by atoms with Gasteiger partial charge in [0.05, 0.1) is 6.20 Å². The van der Waals surface area contributed by atoms with Crippen LogP contribution in [0.3, 0.4) is 0 Å². The van der Waals surface area contributed by atoms with Crippen LogP contribution in [0, 0.1) is 5.92 Å². The number of aromatic nitrogens is 4. The number of nitrogens with zero attached hydrogens (tertiary/aromatic N) is 5. The van der Waals surface area contributed by atoms with Gasteiger partial charge in [0.15, 0.2) is 23.1 Å². The van der Waals surface area contributed by atoms with Gasteiger partial charge in [0, 0.05) is 43.2 Å². The average Bonchev–Trinajstić information content (AvgIpc) is 2.84. The van der Waals surface area contributed by atoms with E-state index in [4.69, 9.17) is 5.73 Å². The fourth-order valence-corrected chi connectivity index (χ4v) is 3.93. The standard InChI is InChI=1S/C24H25N7O2/c1-2-19(32)12-16-6-4-11-31(15-16)20-14-28-21(22(25)33)24(30-20)29-18-8-3-7-17(13-18)23-26-9-5-10-27-23/h2-3,5,7-10,13-14,16H,1,4,6,11-12,15H2,(H2,25,33)(H,29,30)/t16-/m0/s1. The topological polar surface area (TPSA) is 127 Å². The van der Waals surface area contributed by atoms with E-state index >= 15 is 0 Å². The highest BCUT2D eigenvalue weighted by atomic mass is 16.1. The SMILES string of the molecule is C=CC(=O)C[C@@H]1CCCN(c2cnc(C(N)=O)c(Nc3cccc(-c4ncccn4)c3)n2)C1. The summed E-state index contributed by atoms with van der Waals surface area (Å²) in [6.45, 7) is 5.04. The van der Waals surface area contributed by atoms with Crippen LogP contribution in [0.2, 0.25) is 0 Å². The number of ketones is 1. The van der Waals surface area contributed by atoms with Crippen LogP contribution in [0.4, 0.5) is 17.3 Å². The third kappa shape index (κ3) is 5.38. The summed E-state index contributed by atoms with van der Waals surface area (Å²) in [6, 6.07) is 9.23. The summed E-state index contributed by atoms with van der Waals surface area (Å²) in [5.74, 6) is 1.08. The van der Waals surface area contributed by atoms with Crippen molar-refractivity contribution in [3.8, 4) is 11.4 Å². The van der Waals surface area contributed by atoms with Crippen molar-refractivity contribution < 1.29 is 9.59 Å². The molecule has 0 spiro atoms. The molecule has 33 heavy (non-hydrogen) atoms. The van der Waals surface area contributed by atoms with Gasteiger partial charge in [-0.2, -0.15) is 0 Å².